The molecule has 0 atom stereocenters. The lowest BCUT2D eigenvalue weighted by atomic mass is 10.2. The topological polar surface area (TPSA) is 77.0 Å². The summed E-state index contributed by atoms with van der Waals surface area (Å²) >= 11 is 16.5. The molecular formula is C25H17BrCl2N2O4S. The lowest BCUT2D eigenvalue weighted by Gasteiger charge is -2.14. The second-order valence-electron chi connectivity index (χ2n) is 7.25. The van der Waals surface area contributed by atoms with Crippen LogP contribution in [0.2, 0.25) is 10.0 Å². The molecular weight excluding hydrogens is 575 g/mol. The van der Waals surface area contributed by atoms with Crippen molar-refractivity contribution in [3.63, 3.8) is 0 Å². The van der Waals surface area contributed by atoms with Gasteiger partial charge in [0.25, 0.3) is 11.8 Å². The van der Waals surface area contributed by atoms with Crippen LogP contribution in [0.5, 0.6) is 11.5 Å². The minimum Gasteiger partial charge on any atom is -0.493 e. The average molecular weight is 592 g/mol. The molecule has 178 valence electrons. The molecule has 0 bridgehead atoms. The minimum atomic E-state index is -0.476. The van der Waals surface area contributed by atoms with Gasteiger partial charge in [-0.1, -0.05) is 35.3 Å². The molecule has 1 aliphatic rings. The summed E-state index contributed by atoms with van der Waals surface area (Å²) in [6.45, 7) is 0.301. The number of nitrogens with one attached hydrogen (secondary N) is 1. The van der Waals surface area contributed by atoms with Gasteiger partial charge in [0.1, 0.15) is 6.61 Å². The van der Waals surface area contributed by atoms with Crippen LogP contribution in [0.4, 0.5) is 0 Å². The van der Waals surface area contributed by atoms with E-state index in [1.807, 2.05) is 24.3 Å². The first-order valence-corrected chi connectivity index (χ1v) is 12.5. The van der Waals surface area contributed by atoms with Crippen molar-refractivity contribution in [3.8, 4) is 11.5 Å². The van der Waals surface area contributed by atoms with Gasteiger partial charge in [0.2, 0.25) is 0 Å². The summed E-state index contributed by atoms with van der Waals surface area (Å²) in [4.78, 5) is 29.2. The first-order chi connectivity index (χ1) is 16.8. The van der Waals surface area contributed by atoms with Crippen LogP contribution < -0.4 is 14.8 Å². The molecule has 0 saturated carbocycles. The Kier molecular flexibility index (Phi) is 8.18. The van der Waals surface area contributed by atoms with Gasteiger partial charge < -0.3 is 14.8 Å². The van der Waals surface area contributed by atoms with E-state index in [-0.39, 0.29) is 11.1 Å². The fourth-order valence-electron chi connectivity index (χ4n) is 3.13. The van der Waals surface area contributed by atoms with Gasteiger partial charge in [-0.15, -0.1) is 0 Å². The Hall–Kier alpha value is -2.78. The van der Waals surface area contributed by atoms with E-state index in [0.717, 1.165) is 17.3 Å². The Bertz CT molecular complexity index is 1360. The summed E-state index contributed by atoms with van der Waals surface area (Å²) in [7, 11) is 1.54. The number of hydrogen-bond donors (Lipinski definition) is 1. The van der Waals surface area contributed by atoms with Crippen LogP contribution >= 0.6 is 50.9 Å². The summed E-state index contributed by atoms with van der Waals surface area (Å²) in [5.74, 6) is 0.183. The van der Waals surface area contributed by atoms with Gasteiger partial charge >= 0.3 is 0 Å². The number of rotatable bonds is 6. The highest BCUT2D eigenvalue weighted by molar-refractivity contribution is 9.10. The van der Waals surface area contributed by atoms with E-state index < -0.39 is 5.91 Å². The van der Waals surface area contributed by atoms with Crippen molar-refractivity contribution >= 4 is 74.0 Å². The lowest BCUT2D eigenvalue weighted by molar-refractivity contribution is -0.115. The maximum Gasteiger partial charge on any atom is 0.279 e. The van der Waals surface area contributed by atoms with Gasteiger partial charge in [0, 0.05) is 15.6 Å². The molecule has 10 heteroatoms. The zero-order valence-corrected chi connectivity index (χ0v) is 22.1. The SMILES string of the molecule is COc1cc(/C=C2\SC(=NC(=O)c3ccc(Cl)cc3)NC2=O)cc(Br)c1OCc1cccc(Cl)c1. The van der Waals surface area contributed by atoms with Gasteiger partial charge in [-0.2, -0.15) is 4.99 Å². The molecule has 0 spiro atoms. The van der Waals surface area contributed by atoms with E-state index in [4.69, 9.17) is 32.7 Å². The Morgan fingerprint density at radius 2 is 1.89 bits per heavy atom. The number of thioether (sulfide) groups is 1. The molecule has 0 aromatic heterocycles. The van der Waals surface area contributed by atoms with Gasteiger partial charge in [-0.3, -0.25) is 9.59 Å². The number of aliphatic imine (C=N–C) groups is 1. The fourth-order valence-corrected chi connectivity index (χ4v) is 4.86. The molecule has 0 unspecified atom stereocenters. The first kappa shape index (κ1) is 25.3. The highest BCUT2D eigenvalue weighted by Gasteiger charge is 2.25. The number of nitrogens with zero attached hydrogens (tertiary/aromatic N) is 1. The number of carbonyl (C=O) groups excluding carboxylic acids is 2. The van der Waals surface area contributed by atoms with Crippen molar-refractivity contribution in [2.45, 2.75) is 6.61 Å². The highest BCUT2D eigenvalue weighted by atomic mass is 79.9. The van der Waals surface area contributed by atoms with Crippen LogP contribution in [0, 0.1) is 0 Å². The van der Waals surface area contributed by atoms with Gasteiger partial charge in [-0.05, 0) is 93.4 Å². The fraction of sp³-hybridized carbons (Fsp3) is 0.0800. The average Bonchev–Trinajstić information content (AvgIpc) is 3.16. The minimum absolute atomic E-state index is 0.203. The quantitative estimate of drug-likeness (QED) is 0.321. The summed E-state index contributed by atoms with van der Waals surface area (Å²) < 4.78 is 12.1. The number of benzene rings is 3. The number of halogens is 3. The van der Waals surface area contributed by atoms with Crippen molar-refractivity contribution in [1.82, 2.24) is 5.32 Å². The van der Waals surface area contributed by atoms with E-state index in [9.17, 15) is 9.59 Å². The molecule has 1 heterocycles. The summed E-state index contributed by atoms with van der Waals surface area (Å²) in [5, 5.41) is 3.96. The van der Waals surface area contributed by atoms with Crippen molar-refractivity contribution in [3.05, 3.63) is 96.8 Å². The highest BCUT2D eigenvalue weighted by Crippen LogP contribution is 2.38. The number of amides is 2. The smallest absolute Gasteiger partial charge is 0.279 e. The van der Waals surface area contributed by atoms with E-state index in [1.54, 1.807) is 42.5 Å². The van der Waals surface area contributed by atoms with Crippen LogP contribution in [0.15, 0.2) is 75.0 Å². The Balaban J connectivity index is 1.51. The van der Waals surface area contributed by atoms with E-state index in [2.05, 4.69) is 26.2 Å². The van der Waals surface area contributed by atoms with Gasteiger partial charge in [0.15, 0.2) is 16.7 Å². The molecule has 0 radical (unpaired) electrons. The van der Waals surface area contributed by atoms with Crippen LogP contribution in [0.1, 0.15) is 21.5 Å². The predicted octanol–water partition coefficient (Wildman–Crippen LogP) is 6.74. The maximum absolute atomic E-state index is 12.5. The third-order valence-corrected chi connectivity index (χ3v) is 6.75. The number of carbonyl (C=O) groups is 2. The summed E-state index contributed by atoms with van der Waals surface area (Å²) in [5.41, 5.74) is 1.99. The molecule has 1 N–H and O–H groups in total. The standard InChI is InChI=1S/C25H17BrCl2N2O4S/c1-33-20-11-15(10-19(26)22(20)34-13-14-3-2-4-18(28)9-14)12-21-24(32)30-25(35-21)29-23(31)16-5-7-17(27)8-6-16/h2-12H,13H2,1H3,(H,29,30,31,32)/b21-12-. The van der Waals surface area contributed by atoms with Crippen molar-refractivity contribution in [2.24, 2.45) is 4.99 Å². The zero-order chi connectivity index (χ0) is 24.9. The molecule has 1 fully saturated rings. The molecule has 35 heavy (non-hydrogen) atoms. The Morgan fingerprint density at radius 1 is 1.11 bits per heavy atom. The molecule has 0 aliphatic carbocycles. The van der Waals surface area contributed by atoms with Gasteiger partial charge in [0.05, 0.1) is 16.5 Å². The lowest BCUT2D eigenvalue weighted by Crippen LogP contribution is -2.20. The maximum atomic E-state index is 12.5. The van der Waals surface area contributed by atoms with Crippen molar-refractivity contribution < 1.29 is 19.1 Å². The largest absolute Gasteiger partial charge is 0.493 e. The Morgan fingerprint density at radius 3 is 2.60 bits per heavy atom. The number of hydrogen-bond acceptors (Lipinski definition) is 5. The molecule has 3 aromatic rings. The second-order valence-corrected chi connectivity index (χ2v) is 10.0. The second kappa shape index (κ2) is 11.3. The molecule has 2 amide bonds. The first-order valence-electron chi connectivity index (χ1n) is 10.2. The monoisotopic (exact) mass is 590 g/mol. The number of ether oxygens (including phenoxy) is 2. The molecule has 1 aliphatic heterocycles. The van der Waals surface area contributed by atoms with Crippen molar-refractivity contribution in [1.29, 1.82) is 0 Å². The van der Waals surface area contributed by atoms with E-state index in [0.29, 0.717) is 48.7 Å². The zero-order valence-electron chi connectivity index (χ0n) is 18.2. The van der Waals surface area contributed by atoms with Crippen molar-refractivity contribution in [2.75, 3.05) is 7.11 Å². The van der Waals surface area contributed by atoms with Crippen LogP contribution in [-0.4, -0.2) is 24.1 Å². The number of amidine groups is 1. The summed E-state index contributed by atoms with van der Waals surface area (Å²) in [6.07, 6.45) is 1.68. The predicted molar refractivity (Wildman–Crippen MR) is 143 cm³/mol. The van der Waals surface area contributed by atoms with Gasteiger partial charge in [-0.25, -0.2) is 0 Å². The third kappa shape index (κ3) is 6.46. The third-order valence-electron chi connectivity index (χ3n) is 4.77. The number of methoxy groups -OCH3 is 1. The van der Waals surface area contributed by atoms with E-state index in [1.165, 1.54) is 7.11 Å². The van der Waals surface area contributed by atoms with E-state index >= 15 is 0 Å². The Labute approximate surface area is 224 Å². The van der Waals surface area contributed by atoms with Crippen LogP contribution in [-0.2, 0) is 11.4 Å². The molecule has 6 nitrogen and oxygen atoms in total. The normalized spacial score (nSPS) is 15.4. The molecule has 1 saturated heterocycles. The molecule has 3 aromatic carbocycles. The summed E-state index contributed by atoms with van der Waals surface area (Å²) in [6, 6.07) is 17.3. The van der Waals surface area contributed by atoms with Crippen LogP contribution in [0.25, 0.3) is 6.08 Å². The molecule has 4 rings (SSSR count). The van der Waals surface area contributed by atoms with Crippen LogP contribution in [0.3, 0.4) is 0 Å².